The van der Waals surface area contributed by atoms with Crippen molar-refractivity contribution in [3.63, 3.8) is 0 Å². The van der Waals surface area contributed by atoms with E-state index in [1.165, 1.54) is 0 Å². The monoisotopic (exact) mass is 447 g/mol. The molecule has 6 aromatic rings. The van der Waals surface area contributed by atoms with Crippen molar-refractivity contribution in [1.29, 1.82) is 0 Å². The number of fused-ring (bicyclic) bond motifs is 2. The van der Waals surface area contributed by atoms with Crippen LogP contribution in [0.2, 0.25) is 0 Å². The van der Waals surface area contributed by atoms with E-state index in [4.69, 9.17) is 5.10 Å². The van der Waals surface area contributed by atoms with E-state index in [0.29, 0.717) is 11.2 Å². The van der Waals surface area contributed by atoms with E-state index in [2.05, 4.69) is 15.5 Å². The van der Waals surface area contributed by atoms with Crippen molar-refractivity contribution < 1.29 is 4.79 Å². The molecule has 0 unspecified atom stereocenters. The van der Waals surface area contributed by atoms with Crippen LogP contribution in [0.1, 0.15) is 10.4 Å². The van der Waals surface area contributed by atoms with Crippen LogP contribution >= 0.6 is 11.3 Å². The number of hydrogen-bond acceptors (Lipinski definition) is 5. The highest BCUT2D eigenvalue weighted by molar-refractivity contribution is 7.13. The van der Waals surface area contributed by atoms with Crippen LogP contribution in [-0.2, 0) is 0 Å². The highest BCUT2D eigenvalue weighted by Gasteiger charge is 2.13. The molecule has 7 heteroatoms. The predicted molar refractivity (Wildman–Crippen MR) is 131 cm³/mol. The van der Waals surface area contributed by atoms with Gasteiger partial charge in [0.2, 0.25) is 0 Å². The van der Waals surface area contributed by atoms with Gasteiger partial charge in [-0.05, 0) is 52.6 Å². The summed E-state index contributed by atoms with van der Waals surface area (Å²) in [5.41, 5.74) is 3.80. The van der Waals surface area contributed by atoms with Crippen LogP contribution < -0.4 is 5.32 Å². The van der Waals surface area contributed by atoms with E-state index >= 15 is 0 Å². The maximum absolute atomic E-state index is 12.9. The normalized spacial score (nSPS) is 11.2. The fourth-order valence-corrected chi connectivity index (χ4v) is 4.54. The zero-order chi connectivity index (χ0) is 22.2. The maximum atomic E-state index is 12.9. The lowest BCUT2D eigenvalue weighted by atomic mass is 10.0. The maximum Gasteiger partial charge on any atom is 0.256 e. The summed E-state index contributed by atoms with van der Waals surface area (Å²) in [6, 6.07) is 29.1. The highest BCUT2D eigenvalue weighted by Crippen LogP contribution is 2.26. The molecule has 6 nitrogen and oxygen atoms in total. The van der Waals surface area contributed by atoms with Crippen molar-refractivity contribution in [1.82, 2.24) is 19.8 Å². The van der Waals surface area contributed by atoms with Gasteiger partial charge in [0.1, 0.15) is 0 Å². The molecular weight excluding hydrogens is 430 g/mol. The van der Waals surface area contributed by atoms with Crippen LogP contribution in [0.25, 0.3) is 38.4 Å². The van der Waals surface area contributed by atoms with Gasteiger partial charge < -0.3 is 5.32 Å². The molecule has 0 saturated carbocycles. The molecule has 1 N–H and O–H groups in total. The van der Waals surface area contributed by atoms with Crippen LogP contribution in [0.5, 0.6) is 0 Å². The highest BCUT2D eigenvalue weighted by atomic mass is 32.1. The molecule has 0 saturated heterocycles. The molecule has 3 aromatic carbocycles. The number of carbonyl (C=O) groups is 1. The van der Waals surface area contributed by atoms with E-state index in [-0.39, 0.29) is 5.91 Å². The molecule has 3 aromatic heterocycles. The quantitative estimate of drug-likeness (QED) is 0.364. The third-order valence-electron chi connectivity index (χ3n) is 5.48. The number of anilines is 1. The number of amides is 1. The summed E-state index contributed by atoms with van der Waals surface area (Å²) in [5, 5.41) is 20.2. The Morgan fingerprint density at radius 3 is 2.52 bits per heavy atom. The molecule has 0 bridgehead atoms. The van der Waals surface area contributed by atoms with E-state index < -0.39 is 0 Å². The van der Waals surface area contributed by atoms with Crippen LogP contribution in [0.15, 0.2) is 96.4 Å². The predicted octanol–water partition coefficient (Wildman–Crippen LogP) is 5.93. The number of thiophene rings is 1. The second-order valence-electron chi connectivity index (χ2n) is 7.55. The van der Waals surface area contributed by atoms with Gasteiger partial charge in [-0.15, -0.1) is 21.5 Å². The zero-order valence-electron chi connectivity index (χ0n) is 17.3. The molecule has 0 aliphatic rings. The molecule has 0 aliphatic carbocycles. The summed E-state index contributed by atoms with van der Waals surface area (Å²) in [7, 11) is 0. The Morgan fingerprint density at radius 1 is 0.818 bits per heavy atom. The molecule has 6 rings (SSSR count). The number of nitrogens with one attached hydrogen (secondary N) is 1. The molecule has 0 radical (unpaired) electrons. The van der Waals surface area contributed by atoms with Crippen LogP contribution in [-0.4, -0.2) is 25.7 Å². The molecule has 0 aliphatic heterocycles. The molecular formula is C26H17N5OS. The lowest BCUT2D eigenvalue weighted by Crippen LogP contribution is -2.12. The third-order valence-corrected chi connectivity index (χ3v) is 6.34. The fourth-order valence-electron chi connectivity index (χ4n) is 3.85. The van der Waals surface area contributed by atoms with Crippen LogP contribution in [0.4, 0.5) is 5.69 Å². The Morgan fingerprint density at radius 2 is 1.67 bits per heavy atom. The van der Waals surface area contributed by atoms with Crippen molar-refractivity contribution in [2.45, 2.75) is 0 Å². The molecule has 3 heterocycles. The summed E-state index contributed by atoms with van der Waals surface area (Å²) in [6.07, 6.45) is 0. The average Bonchev–Trinajstić information content (AvgIpc) is 3.53. The van der Waals surface area contributed by atoms with E-state index in [1.54, 1.807) is 15.9 Å². The first-order valence-corrected chi connectivity index (χ1v) is 11.3. The summed E-state index contributed by atoms with van der Waals surface area (Å²) < 4.78 is 1.76. The van der Waals surface area contributed by atoms with E-state index in [9.17, 15) is 4.79 Å². The first kappa shape index (κ1) is 19.3. The van der Waals surface area contributed by atoms with Gasteiger partial charge in [0, 0.05) is 16.8 Å². The second-order valence-corrected chi connectivity index (χ2v) is 8.50. The second kappa shape index (κ2) is 7.96. The first-order valence-electron chi connectivity index (χ1n) is 10.4. The lowest BCUT2D eigenvalue weighted by molar-refractivity contribution is 0.102. The van der Waals surface area contributed by atoms with Crippen molar-refractivity contribution in [3.8, 4) is 22.0 Å². The number of benzene rings is 3. The number of rotatable bonds is 4. The SMILES string of the molecule is O=C(Nc1ccc(-c2ccc3nnc(-c4cccs4)n3n2)cc1)c1cccc2ccccc12. The van der Waals surface area contributed by atoms with Gasteiger partial charge in [-0.25, -0.2) is 0 Å². The molecule has 1 amide bonds. The topological polar surface area (TPSA) is 72.2 Å². The van der Waals surface area contributed by atoms with Gasteiger partial charge in [-0.3, -0.25) is 4.79 Å². The minimum absolute atomic E-state index is 0.135. The summed E-state index contributed by atoms with van der Waals surface area (Å²) >= 11 is 1.60. The molecule has 0 atom stereocenters. The van der Waals surface area contributed by atoms with Crippen molar-refractivity contribution >= 4 is 39.4 Å². The smallest absolute Gasteiger partial charge is 0.256 e. The van der Waals surface area contributed by atoms with Crippen molar-refractivity contribution in [2.75, 3.05) is 5.32 Å². The number of carbonyl (C=O) groups excluding carboxylic acids is 1. The van der Waals surface area contributed by atoms with Gasteiger partial charge in [0.15, 0.2) is 11.5 Å². The van der Waals surface area contributed by atoms with Crippen molar-refractivity contribution in [3.05, 3.63) is 102 Å². The Hall–Kier alpha value is -4.36. The number of hydrogen-bond donors (Lipinski definition) is 1. The van der Waals surface area contributed by atoms with E-state index in [1.807, 2.05) is 96.4 Å². The van der Waals surface area contributed by atoms with Crippen LogP contribution in [0, 0.1) is 0 Å². The minimum atomic E-state index is -0.135. The van der Waals surface area contributed by atoms with Gasteiger partial charge in [-0.2, -0.15) is 9.61 Å². The van der Waals surface area contributed by atoms with Gasteiger partial charge >= 0.3 is 0 Å². The molecule has 33 heavy (non-hydrogen) atoms. The van der Waals surface area contributed by atoms with Gasteiger partial charge in [0.05, 0.1) is 10.6 Å². The average molecular weight is 448 g/mol. The van der Waals surface area contributed by atoms with E-state index in [0.717, 1.165) is 38.4 Å². The largest absolute Gasteiger partial charge is 0.322 e. The Labute approximate surface area is 193 Å². The molecule has 158 valence electrons. The Balaban J connectivity index is 1.28. The zero-order valence-corrected chi connectivity index (χ0v) is 18.2. The van der Waals surface area contributed by atoms with Crippen LogP contribution in [0.3, 0.4) is 0 Å². The summed E-state index contributed by atoms with van der Waals surface area (Å²) in [6.45, 7) is 0. The standard InChI is InChI=1S/C26H17N5OS/c32-26(21-8-3-6-17-5-1-2-7-20(17)21)27-19-12-10-18(11-13-19)22-14-15-24-28-29-25(31(24)30-22)23-9-4-16-33-23/h1-16H,(H,27,32). The van der Waals surface area contributed by atoms with Gasteiger partial charge in [-0.1, -0.05) is 54.6 Å². The Kier molecular flexibility index (Phi) is 4.66. The third kappa shape index (κ3) is 3.54. The molecule has 0 fully saturated rings. The lowest BCUT2D eigenvalue weighted by Gasteiger charge is -2.09. The number of aromatic nitrogens is 4. The number of nitrogens with zero attached hydrogens (tertiary/aromatic N) is 4. The first-order chi connectivity index (χ1) is 16.3. The van der Waals surface area contributed by atoms with Crippen molar-refractivity contribution in [2.24, 2.45) is 0 Å². The summed E-state index contributed by atoms with van der Waals surface area (Å²) in [5.74, 6) is 0.588. The fraction of sp³-hybridized carbons (Fsp3) is 0. The Bertz CT molecular complexity index is 1600. The summed E-state index contributed by atoms with van der Waals surface area (Å²) in [4.78, 5) is 13.9. The minimum Gasteiger partial charge on any atom is -0.322 e. The van der Waals surface area contributed by atoms with Gasteiger partial charge in [0.25, 0.3) is 5.91 Å². The molecule has 0 spiro atoms.